The van der Waals surface area contributed by atoms with E-state index in [1.807, 2.05) is 6.07 Å². The Balaban J connectivity index is 2.51. The third-order valence-electron chi connectivity index (χ3n) is 3.14. The Labute approximate surface area is 92.6 Å². The van der Waals surface area contributed by atoms with Crippen molar-refractivity contribution in [2.24, 2.45) is 0 Å². The lowest BCUT2D eigenvalue weighted by Crippen LogP contribution is -2.18. The molecule has 2 rings (SSSR count). The first-order chi connectivity index (χ1) is 6.56. The van der Waals surface area contributed by atoms with Gasteiger partial charge in [-0.1, -0.05) is 22.0 Å². The van der Waals surface area contributed by atoms with Crippen LogP contribution in [0.5, 0.6) is 0 Å². The molecule has 14 heavy (non-hydrogen) atoms. The van der Waals surface area contributed by atoms with Crippen LogP contribution in [0, 0.1) is 6.92 Å². The molecular formula is C12H13BrO. The monoisotopic (exact) mass is 252 g/mol. The van der Waals surface area contributed by atoms with Gasteiger partial charge in [-0.25, -0.2) is 0 Å². The second-order valence-corrected chi connectivity index (χ2v) is 5.01. The summed E-state index contributed by atoms with van der Waals surface area (Å²) in [7, 11) is 0. The normalized spacial score (nSPS) is 17.9. The second-order valence-electron chi connectivity index (χ2n) is 4.10. The van der Waals surface area contributed by atoms with Crippen molar-refractivity contribution in [2.75, 3.05) is 0 Å². The number of carbonyl (C=O) groups is 1. The highest BCUT2D eigenvalue weighted by atomic mass is 79.9. The van der Waals surface area contributed by atoms with E-state index in [4.69, 9.17) is 0 Å². The van der Waals surface area contributed by atoms with Crippen LogP contribution in [0.25, 0.3) is 0 Å². The van der Waals surface area contributed by atoms with E-state index in [0.717, 1.165) is 17.3 Å². The number of carbonyl (C=O) groups excluding carboxylic acids is 1. The number of ketones is 1. The number of rotatable bonds is 2. The molecular weight excluding hydrogens is 240 g/mol. The Bertz CT molecular complexity index is 391. The molecule has 1 aromatic rings. The molecule has 0 bridgehead atoms. The highest BCUT2D eigenvalue weighted by Gasteiger charge is 2.49. The van der Waals surface area contributed by atoms with Gasteiger partial charge >= 0.3 is 0 Å². The first-order valence-corrected chi connectivity index (χ1v) is 5.63. The average Bonchev–Trinajstić information content (AvgIpc) is 2.90. The summed E-state index contributed by atoms with van der Waals surface area (Å²) in [5, 5.41) is 0. The summed E-state index contributed by atoms with van der Waals surface area (Å²) in [6.07, 6.45) is 2.03. The molecule has 1 saturated carbocycles. The lowest BCUT2D eigenvalue weighted by molar-refractivity contribution is -0.119. The molecule has 0 radical (unpaired) electrons. The molecule has 1 fully saturated rings. The third-order valence-corrected chi connectivity index (χ3v) is 3.63. The summed E-state index contributed by atoms with van der Waals surface area (Å²) in [5.41, 5.74) is 2.29. The minimum absolute atomic E-state index is 0.145. The number of hydrogen-bond acceptors (Lipinski definition) is 1. The van der Waals surface area contributed by atoms with E-state index in [1.54, 1.807) is 6.92 Å². The van der Waals surface area contributed by atoms with Gasteiger partial charge in [-0.15, -0.1) is 0 Å². The molecule has 1 aromatic carbocycles. The zero-order chi connectivity index (χ0) is 10.3. The number of hydrogen-bond donors (Lipinski definition) is 0. The van der Waals surface area contributed by atoms with Crippen LogP contribution in [-0.4, -0.2) is 5.78 Å². The van der Waals surface area contributed by atoms with E-state index in [2.05, 4.69) is 35.0 Å². The Morgan fingerprint density at radius 3 is 2.57 bits per heavy atom. The van der Waals surface area contributed by atoms with Crippen LogP contribution in [0.3, 0.4) is 0 Å². The molecule has 0 atom stereocenters. The Kier molecular flexibility index (Phi) is 2.26. The van der Waals surface area contributed by atoms with Gasteiger partial charge in [0.05, 0.1) is 5.41 Å². The molecule has 0 aromatic heterocycles. The predicted molar refractivity (Wildman–Crippen MR) is 60.5 cm³/mol. The molecule has 1 aliphatic carbocycles. The van der Waals surface area contributed by atoms with Crippen molar-refractivity contribution in [2.45, 2.75) is 32.1 Å². The van der Waals surface area contributed by atoms with Crippen LogP contribution < -0.4 is 0 Å². The Morgan fingerprint density at radius 2 is 2.07 bits per heavy atom. The molecule has 0 saturated heterocycles. The molecule has 0 N–H and O–H groups in total. The zero-order valence-electron chi connectivity index (χ0n) is 8.43. The topological polar surface area (TPSA) is 17.1 Å². The predicted octanol–water partition coefficient (Wildman–Crippen LogP) is 3.38. The fourth-order valence-electron chi connectivity index (χ4n) is 2.05. The van der Waals surface area contributed by atoms with Crippen molar-refractivity contribution >= 4 is 21.7 Å². The van der Waals surface area contributed by atoms with Crippen LogP contribution in [0.4, 0.5) is 0 Å². The summed E-state index contributed by atoms with van der Waals surface area (Å²) in [4.78, 5) is 11.6. The van der Waals surface area contributed by atoms with Gasteiger partial charge in [0.15, 0.2) is 0 Å². The van der Waals surface area contributed by atoms with Gasteiger partial charge < -0.3 is 0 Å². The van der Waals surface area contributed by atoms with Gasteiger partial charge in [0.2, 0.25) is 0 Å². The van der Waals surface area contributed by atoms with Crippen molar-refractivity contribution in [3.05, 3.63) is 33.8 Å². The average molecular weight is 253 g/mol. The van der Waals surface area contributed by atoms with Crippen molar-refractivity contribution in [3.8, 4) is 0 Å². The SMILES string of the molecule is CC(=O)C1(c2cc(Br)ccc2C)CC1. The molecule has 74 valence electrons. The molecule has 0 unspecified atom stereocenters. The van der Waals surface area contributed by atoms with Crippen molar-refractivity contribution in [3.63, 3.8) is 0 Å². The number of halogens is 1. The lowest BCUT2D eigenvalue weighted by Gasteiger charge is -2.15. The van der Waals surface area contributed by atoms with Crippen LogP contribution in [0.2, 0.25) is 0 Å². The van der Waals surface area contributed by atoms with Gasteiger partial charge in [-0.3, -0.25) is 4.79 Å². The summed E-state index contributed by atoms with van der Waals surface area (Å²) < 4.78 is 1.06. The summed E-state index contributed by atoms with van der Waals surface area (Å²) in [6, 6.07) is 6.18. The molecule has 0 amide bonds. The van der Waals surface area contributed by atoms with Crippen molar-refractivity contribution < 1.29 is 4.79 Å². The van der Waals surface area contributed by atoms with E-state index in [-0.39, 0.29) is 5.41 Å². The standard InChI is InChI=1S/C12H13BrO/c1-8-3-4-10(13)7-11(8)12(5-6-12)9(2)14/h3-4,7H,5-6H2,1-2H3. The van der Waals surface area contributed by atoms with Gasteiger partial charge in [-0.2, -0.15) is 0 Å². The molecule has 0 spiro atoms. The van der Waals surface area contributed by atoms with Crippen LogP contribution in [0.15, 0.2) is 22.7 Å². The number of benzene rings is 1. The fourth-order valence-corrected chi connectivity index (χ4v) is 2.41. The molecule has 0 heterocycles. The van der Waals surface area contributed by atoms with Gasteiger partial charge in [0.1, 0.15) is 5.78 Å². The Hall–Kier alpha value is -0.630. The molecule has 2 heteroatoms. The maximum atomic E-state index is 11.6. The van der Waals surface area contributed by atoms with E-state index >= 15 is 0 Å². The summed E-state index contributed by atoms with van der Waals surface area (Å²) in [5.74, 6) is 0.304. The van der Waals surface area contributed by atoms with Crippen molar-refractivity contribution in [1.29, 1.82) is 0 Å². The van der Waals surface area contributed by atoms with Gasteiger partial charge in [-0.05, 0) is 49.9 Å². The fraction of sp³-hybridized carbons (Fsp3) is 0.417. The van der Waals surface area contributed by atoms with Gasteiger partial charge in [0.25, 0.3) is 0 Å². The lowest BCUT2D eigenvalue weighted by atomic mass is 9.89. The van der Waals surface area contributed by atoms with Crippen molar-refractivity contribution in [1.82, 2.24) is 0 Å². The number of aryl methyl sites for hydroxylation is 1. The first kappa shape index (κ1) is 9.91. The maximum Gasteiger partial charge on any atom is 0.140 e. The van der Waals surface area contributed by atoms with E-state index in [1.165, 1.54) is 11.1 Å². The van der Waals surface area contributed by atoms with E-state index < -0.39 is 0 Å². The zero-order valence-corrected chi connectivity index (χ0v) is 10.0. The highest BCUT2D eigenvalue weighted by molar-refractivity contribution is 9.10. The van der Waals surface area contributed by atoms with E-state index in [0.29, 0.717) is 5.78 Å². The molecule has 1 nitrogen and oxygen atoms in total. The van der Waals surface area contributed by atoms with Crippen LogP contribution in [-0.2, 0) is 10.2 Å². The van der Waals surface area contributed by atoms with E-state index in [9.17, 15) is 4.79 Å². The smallest absolute Gasteiger partial charge is 0.140 e. The van der Waals surface area contributed by atoms with Crippen LogP contribution >= 0.6 is 15.9 Å². The Morgan fingerprint density at radius 1 is 1.43 bits per heavy atom. The number of Topliss-reactive ketones (excluding diaryl/α,β-unsaturated/α-hetero) is 1. The van der Waals surface area contributed by atoms with Crippen LogP contribution in [0.1, 0.15) is 30.9 Å². The minimum Gasteiger partial charge on any atom is -0.299 e. The first-order valence-electron chi connectivity index (χ1n) is 4.84. The minimum atomic E-state index is -0.145. The quantitative estimate of drug-likeness (QED) is 0.789. The second kappa shape index (κ2) is 3.20. The summed E-state index contributed by atoms with van der Waals surface area (Å²) in [6.45, 7) is 3.78. The largest absolute Gasteiger partial charge is 0.299 e. The highest BCUT2D eigenvalue weighted by Crippen LogP contribution is 2.50. The van der Waals surface area contributed by atoms with Gasteiger partial charge in [0, 0.05) is 4.47 Å². The summed E-state index contributed by atoms with van der Waals surface area (Å²) >= 11 is 3.45. The third kappa shape index (κ3) is 1.42. The molecule has 1 aliphatic rings. The maximum absolute atomic E-state index is 11.6. The molecule has 0 aliphatic heterocycles.